The maximum atomic E-state index is 11.5. The van der Waals surface area contributed by atoms with E-state index in [1.807, 2.05) is 20.8 Å². The topological polar surface area (TPSA) is 29.1 Å². The summed E-state index contributed by atoms with van der Waals surface area (Å²) in [6.45, 7) is 6.75. The number of nitrogens with one attached hydrogen (secondary N) is 1. The van der Waals surface area contributed by atoms with Gasteiger partial charge >= 0.3 is 0 Å². The molecule has 0 spiro atoms. The van der Waals surface area contributed by atoms with Gasteiger partial charge in [-0.3, -0.25) is 4.79 Å². The first-order chi connectivity index (χ1) is 6.00. The summed E-state index contributed by atoms with van der Waals surface area (Å²) in [5.41, 5.74) is -0.237. The summed E-state index contributed by atoms with van der Waals surface area (Å²) < 4.78 is 0. The smallest absolute Gasteiger partial charge is 0.225 e. The summed E-state index contributed by atoms with van der Waals surface area (Å²) in [6.07, 6.45) is 5.28. The van der Waals surface area contributed by atoms with Gasteiger partial charge in [-0.05, 0) is 18.8 Å². The maximum absolute atomic E-state index is 11.5. The van der Waals surface area contributed by atoms with Crippen LogP contribution in [-0.4, -0.2) is 12.5 Å². The monoisotopic (exact) mass is 183 g/mol. The zero-order valence-electron chi connectivity index (χ0n) is 9.02. The zero-order valence-corrected chi connectivity index (χ0v) is 9.02. The van der Waals surface area contributed by atoms with Crippen molar-refractivity contribution < 1.29 is 4.79 Å². The van der Waals surface area contributed by atoms with Crippen LogP contribution in [0.5, 0.6) is 0 Å². The van der Waals surface area contributed by atoms with Crippen LogP contribution in [0, 0.1) is 11.3 Å². The molecule has 1 aliphatic rings. The van der Waals surface area contributed by atoms with E-state index in [4.69, 9.17) is 0 Å². The molecule has 2 nitrogen and oxygen atoms in total. The van der Waals surface area contributed by atoms with Crippen molar-refractivity contribution in [3.8, 4) is 0 Å². The number of amides is 1. The van der Waals surface area contributed by atoms with Gasteiger partial charge in [-0.25, -0.2) is 0 Å². The van der Waals surface area contributed by atoms with E-state index < -0.39 is 0 Å². The van der Waals surface area contributed by atoms with E-state index in [2.05, 4.69) is 5.32 Å². The van der Waals surface area contributed by atoms with E-state index in [-0.39, 0.29) is 11.3 Å². The van der Waals surface area contributed by atoms with Crippen LogP contribution in [0.15, 0.2) is 0 Å². The first-order valence-corrected chi connectivity index (χ1v) is 5.28. The normalized spacial score (nSPS) is 19.0. The Kier molecular flexibility index (Phi) is 3.34. The number of carbonyl (C=O) groups is 1. The average molecular weight is 183 g/mol. The molecule has 1 fully saturated rings. The predicted octanol–water partition coefficient (Wildman–Crippen LogP) is 2.34. The number of hydrogen-bond acceptors (Lipinski definition) is 1. The third kappa shape index (κ3) is 3.37. The predicted molar refractivity (Wildman–Crippen MR) is 54.4 cm³/mol. The van der Waals surface area contributed by atoms with E-state index in [9.17, 15) is 4.79 Å². The molecule has 0 saturated heterocycles. The van der Waals surface area contributed by atoms with Crippen LogP contribution in [-0.2, 0) is 4.79 Å². The van der Waals surface area contributed by atoms with Crippen LogP contribution in [0.2, 0.25) is 0 Å². The minimum absolute atomic E-state index is 0.180. The summed E-state index contributed by atoms with van der Waals surface area (Å²) in [7, 11) is 0. The molecule has 0 aromatic rings. The van der Waals surface area contributed by atoms with Crippen molar-refractivity contribution in [1.29, 1.82) is 0 Å². The first-order valence-electron chi connectivity index (χ1n) is 5.28. The molecule has 1 aliphatic carbocycles. The van der Waals surface area contributed by atoms with Crippen molar-refractivity contribution in [3.63, 3.8) is 0 Å². The summed E-state index contributed by atoms with van der Waals surface area (Å²) >= 11 is 0. The van der Waals surface area contributed by atoms with Crippen LogP contribution >= 0.6 is 0 Å². The van der Waals surface area contributed by atoms with Crippen molar-refractivity contribution in [2.75, 3.05) is 6.54 Å². The molecule has 0 aromatic carbocycles. The second-order valence-electron chi connectivity index (χ2n) is 5.11. The highest BCUT2D eigenvalue weighted by Gasteiger charge is 2.22. The Morgan fingerprint density at radius 3 is 2.31 bits per heavy atom. The molecule has 0 radical (unpaired) electrons. The highest BCUT2D eigenvalue weighted by molar-refractivity contribution is 5.81. The van der Waals surface area contributed by atoms with Gasteiger partial charge in [0.05, 0.1) is 0 Å². The molecule has 1 N–H and O–H groups in total. The molecule has 1 rings (SSSR count). The summed E-state index contributed by atoms with van der Waals surface area (Å²) in [4.78, 5) is 11.5. The molecule has 0 unspecified atom stereocenters. The number of rotatable bonds is 2. The fourth-order valence-corrected chi connectivity index (χ4v) is 1.72. The molecule has 2 heteroatoms. The Balaban J connectivity index is 2.22. The molecule has 0 atom stereocenters. The second-order valence-corrected chi connectivity index (χ2v) is 5.11. The second kappa shape index (κ2) is 4.12. The lowest BCUT2D eigenvalue weighted by Gasteiger charge is -2.19. The Morgan fingerprint density at radius 2 is 1.85 bits per heavy atom. The van der Waals surface area contributed by atoms with Crippen LogP contribution in [0.1, 0.15) is 46.5 Å². The van der Waals surface area contributed by atoms with E-state index in [1.165, 1.54) is 25.7 Å². The molecular formula is C11H21NO. The van der Waals surface area contributed by atoms with Gasteiger partial charge in [0.1, 0.15) is 0 Å². The highest BCUT2D eigenvalue weighted by atomic mass is 16.2. The van der Waals surface area contributed by atoms with Crippen molar-refractivity contribution in [2.45, 2.75) is 46.5 Å². The van der Waals surface area contributed by atoms with Crippen LogP contribution in [0.3, 0.4) is 0 Å². The molecule has 0 aliphatic heterocycles. The first kappa shape index (κ1) is 10.6. The minimum atomic E-state index is -0.237. The highest BCUT2D eigenvalue weighted by Crippen LogP contribution is 2.24. The summed E-state index contributed by atoms with van der Waals surface area (Å²) in [5, 5.41) is 3.03. The van der Waals surface area contributed by atoms with E-state index in [0.717, 1.165) is 12.5 Å². The standard InChI is InChI=1S/C11H21NO/c1-11(2,3)10(13)12-8-9-6-4-5-7-9/h9H,4-8H2,1-3H3,(H,12,13). The molecule has 0 heterocycles. The lowest BCUT2D eigenvalue weighted by Crippen LogP contribution is -2.37. The third-order valence-electron chi connectivity index (χ3n) is 2.71. The van der Waals surface area contributed by atoms with Crippen LogP contribution in [0.25, 0.3) is 0 Å². The molecular weight excluding hydrogens is 162 g/mol. The van der Waals surface area contributed by atoms with E-state index >= 15 is 0 Å². The third-order valence-corrected chi connectivity index (χ3v) is 2.71. The lowest BCUT2D eigenvalue weighted by atomic mass is 9.95. The molecule has 0 bridgehead atoms. The molecule has 0 aromatic heterocycles. The fraction of sp³-hybridized carbons (Fsp3) is 0.909. The Morgan fingerprint density at radius 1 is 1.31 bits per heavy atom. The number of hydrogen-bond donors (Lipinski definition) is 1. The fourth-order valence-electron chi connectivity index (χ4n) is 1.72. The molecule has 1 saturated carbocycles. The van der Waals surface area contributed by atoms with E-state index in [0.29, 0.717) is 0 Å². The minimum Gasteiger partial charge on any atom is -0.355 e. The zero-order chi connectivity index (χ0) is 9.90. The Labute approximate surface area is 81.1 Å². The van der Waals surface area contributed by atoms with Crippen LogP contribution < -0.4 is 5.32 Å². The van der Waals surface area contributed by atoms with E-state index in [1.54, 1.807) is 0 Å². The van der Waals surface area contributed by atoms with Crippen molar-refractivity contribution in [1.82, 2.24) is 5.32 Å². The largest absolute Gasteiger partial charge is 0.355 e. The van der Waals surface area contributed by atoms with Crippen molar-refractivity contribution in [3.05, 3.63) is 0 Å². The molecule has 13 heavy (non-hydrogen) atoms. The Bertz CT molecular complexity index is 175. The van der Waals surface area contributed by atoms with Gasteiger partial charge in [-0.2, -0.15) is 0 Å². The number of carbonyl (C=O) groups excluding carboxylic acids is 1. The maximum Gasteiger partial charge on any atom is 0.225 e. The van der Waals surface area contributed by atoms with Crippen LogP contribution in [0.4, 0.5) is 0 Å². The van der Waals surface area contributed by atoms with Gasteiger partial charge in [0.15, 0.2) is 0 Å². The van der Waals surface area contributed by atoms with Gasteiger partial charge < -0.3 is 5.32 Å². The van der Waals surface area contributed by atoms with Gasteiger partial charge in [-0.15, -0.1) is 0 Å². The van der Waals surface area contributed by atoms with Gasteiger partial charge in [0.25, 0.3) is 0 Å². The SMILES string of the molecule is CC(C)(C)C(=O)NCC1CCCC1. The van der Waals surface area contributed by atoms with Crippen molar-refractivity contribution >= 4 is 5.91 Å². The Hall–Kier alpha value is -0.530. The van der Waals surface area contributed by atoms with Crippen molar-refractivity contribution in [2.24, 2.45) is 11.3 Å². The summed E-state index contributed by atoms with van der Waals surface area (Å²) in [5.74, 6) is 0.922. The quantitative estimate of drug-likeness (QED) is 0.699. The summed E-state index contributed by atoms with van der Waals surface area (Å²) in [6, 6.07) is 0. The molecule has 76 valence electrons. The lowest BCUT2D eigenvalue weighted by molar-refractivity contribution is -0.128. The van der Waals surface area contributed by atoms with Gasteiger partial charge in [-0.1, -0.05) is 33.6 Å². The van der Waals surface area contributed by atoms with Gasteiger partial charge in [0, 0.05) is 12.0 Å². The average Bonchev–Trinajstić information content (AvgIpc) is 2.50. The molecule has 1 amide bonds. The van der Waals surface area contributed by atoms with Gasteiger partial charge in [0.2, 0.25) is 5.91 Å².